The lowest BCUT2D eigenvalue weighted by atomic mass is 10.1. The molecule has 1 aliphatic rings. The Morgan fingerprint density at radius 2 is 1.83 bits per heavy atom. The molecule has 4 rings (SSSR count). The Labute approximate surface area is 174 Å². The molecule has 6 nitrogen and oxygen atoms in total. The molecule has 0 saturated carbocycles. The minimum absolute atomic E-state index is 0.161. The van der Waals surface area contributed by atoms with E-state index in [1.165, 1.54) is 0 Å². The second-order valence-electron chi connectivity index (χ2n) is 6.91. The minimum Gasteiger partial charge on any atom is -0.309 e. The summed E-state index contributed by atoms with van der Waals surface area (Å²) in [6.45, 7) is 4.48. The molecule has 0 atom stereocenters. The average Bonchev–Trinajstić information content (AvgIpc) is 3.12. The predicted molar refractivity (Wildman–Crippen MR) is 116 cm³/mol. The van der Waals surface area contributed by atoms with Gasteiger partial charge in [0.05, 0.1) is 24.1 Å². The summed E-state index contributed by atoms with van der Waals surface area (Å²) in [5.74, 6) is -0.161. The van der Waals surface area contributed by atoms with Crippen LogP contribution >= 0.6 is 11.6 Å². The molecule has 3 aromatic rings. The van der Waals surface area contributed by atoms with Crippen molar-refractivity contribution in [2.75, 3.05) is 11.9 Å². The summed E-state index contributed by atoms with van der Waals surface area (Å²) in [5, 5.41) is 13.7. The van der Waals surface area contributed by atoms with Gasteiger partial charge in [0, 0.05) is 28.9 Å². The summed E-state index contributed by atoms with van der Waals surface area (Å²) in [7, 11) is 1.74. The van der Waals surface area contributed by atoms with Gasteiger partial charge in [-0.05, 0) is 31.5 Å². The van der Waals surface area contributed by atoms with Crippen LogP contribution in [0.4, 0.5) is 5.69 Å². The third kappa shape index (κ3) is 3.47. The van der Waals surface area contributed by atoms with Gasteiger partial charge in [0.2, 0.25) is 0 Å². The first-order valence-electron chi connectivity index (χ1n) is 9.23. The smallest absolute Gasteiger partial charge is 0.279 e. The summed E-state index contributed by atoms with van der Waals surface area (Å²) in [5.41, 5.74) is 5.66. The maximum absolute atomic E-state index is 12.5. The molecule has 1 aromatic heterocycles. The molecule has 0 bridgehead atoms. The van der Waals surface area contributed by atoms with Gasteiger partial charge in [0.25, 0.3) is 5.91 Å². The number of para-hydroxylation sites is 1. The van der Waals surface area contributed by atoms with Gasteiger partial charge in [-0.3, -0.25) is 9.48 Å². The second-order valence-corrected chi connectivity index (χ2v) is 7.32. The molecule has 2 aromatic carbocycles. The quantitative estimate of drug-likeness (QED) is 0.486. The number of benzene rings is 2. The van der Waals surface area contributed by atoms with Crippen LogP contribution in [0.15, 0.2) is 58.7 Å². The highest BCUT2D eigenvalue weighted by atomic mass is 35.5. The molecular formula is C22H20ClN5O. The number of aryl methyl sites for hydroxylation is 1. The lowest BCUT2D eigenvalue weighted by Gasteiger charge is -2.07. The fourth-order valence-corrected chi connectivity index (χ4v) is 3.63. The fourth-order valence-electron chi connectivity index (χ4n) is 3.43. The largest absolute Gasteiger partial charge is 0.309 e. The zero-order valence-corrected chi connectivity index (χ0v) is 17.2. The molecule has 0 N–H and O–H groups in total. The number of anilines is 1. The molecular weight excluding hydrogens is 386 g/mol. The zero-order valence-electron chi connectivity index (χ0n) is 16.4. The van der Waals surface area contributed by atoms with Crippen molar-refractivity contribution in [2.45, 2.75) is 20.4 Å². The van der Waals surface area contributed by atoms with Crippen molar-refractivity contribution in [3.8, 4) is 0 Å². The Bertz CT molecular complexity index is 1160. The number of carbonyl (C=O) groups excluding carboxylic acids is 1. The molecule has 7 heteroatoms. The Morgan fingerprint density at radius 1 is 1.10 bits per heavy atom. The summed E-state index contributed by atoms with van der Waals surface area (Å²) >= 11 is 6.27. The summed E-state index contributed by atoms with van der Waals surface area (Å²) in [6.07, 6.45) is 1.65. The molecule has 1 aliphatic heterocycles. The number of rotatable bonds is 4. The minimum atomic E-state index is -0.161. The number of likely N-dealkylation sites (N-methyl/N-ethyl adjacent to an activating group) is 1. The first kappa shape index (κ1) is 19.1. The molecule has 0 spiro atoms. The van der Waals surface area contributed by atoms with E-state index in [0.717, 1.165) is 33.8 Å². The Kier molecular flexibility index (Phi) is 5.03. The van der Waals surface area contributed by atoms with Crippen LogP contribution < -0.4 is 4.90 Å². The third-order valence-electron chi connectivity index (χ3n) is 5.09. The van der Waals surface area contributed by atoms with Gasteiger partial charge in [0.1, 0.15) is 0 Å². The van der Waals surface area contributed by atoms with E-state index in [1.807, 2.05) is 67.1 Å². The summed E-state index contributed by atoms with van der Waals surface area (Å²) < 4.78 is 1.90. The van der Waals surface area contributed by atoms with Crippen molar-refractivity contribution in [3.05, 3.63) is 81.6 Å². The van der Waals surface area contributed by atoms with Crippen LogP contribution in [-0.2, 0) is 11.3 Å². The molecule has 0 unspecified atom stereocenters. The zero-order chi connectivity index (χ0) is 20.5. The molecule has 1 amide bonds. The Balaban J connectivity index is 1.62. The van der Waals surface area contributed by atoms with Crippen LogP contribution in [0.25, 0.3) is 0 Å². The first-order valence-corrected chi connectivity index (χ1v) is 9.61. The topological polar surface area (TPSA) is 62.9 Å². The van der Waals surface area contributed by atoms with Crippen molar-refractivity contribution in [3.63, 3.8) is 0 Å². The van der Waals surface area contributed by atoms with Gasteiger partial charge in [-0.25, -0.2) is 0 Å². The van der Waals surface area contributed by atoms with E-state index in [2.05, 4.69) is 15.3 Å². The number of amides is 1. The van der Waals surface area contributed by atoms with Crippen LogP contribution in [-0.4, -0.2) is 34.7 Å². The van der Waals surface area contributed by atoms with Crippen molar-refractivity contribution >= 4 is 35.1 Å². The van der Waals surface area contributed by atoms with Gasteiger partial charge in [0.15, 0.2) is 5.71 Å². The van der Waals surface area contributed by atoms with E-state index in [0.29, 0.717) is 17.3 Å². The summed E-state index contributed by atoms with van der Waals surface area (Å²) in [4.78, 5) is 14.1. The molecule has 146 valence electrons. The lowest BCUT2D eigenvalue weighted by Crippen LogP contribution is -2.25. The number of hydrogen-bond acceptors (Lipinski definition) is 4. The highest BCUT2D eigenvalue weighted by molar-refractivity contribution is 6.54. The highest BCUT2D eigenvalue weighted by Gasteiger charge is 2.31. The molecule has 0 fully saturated rings. The third-order valence-corrected chi connectivity index (χ3v) is 5.46. The van der Waals surface area contributed by atoms with Gasteiger partial charge >= 0.3 is 0 Å². The van der Waals surface area contributed by atoms with Crippen LogP contribution in [0.5, 0.6) is 0 Å². The van der Waals surface area contributed by atoms with Gasteiger partial charge in [-0.1, -0.05) is 48.0 Å². The van der Waals surface area contributed by atoms with Crippen LogP contribution in [0, 0.1) is 13.8 Å². The van der Waals surface area contributed by atoms with E-state index < -0.39 is 0 Å². The number of halogens is 1. The normalized spacial score (nSPS) is 15.0. The second kappa shape index (κ2) is 7.64. The van der Waals surface area contributed by atoms with Crippen molar-refractivity contribution in [2.24, 2.45) is 10.2 Å². The number of fused-ring (bicyclic) bond motifs is 1. The summed E-state index contributed by atoms with van der Waals surface area (Å²) in [6, 6.07) is 15.3. The SMILES string of the molecule is Cc1nn(Cc2ccccc2Cl)c(C)c1/C=N\N=C1\C(=O)N(C)c2ccccc21. The lowest BCUT2D eigenvalue weighted by molar-refractivity contribution is -0.111. The number of aromatic nitrogens is 2. The fraction of sp³-hybridized carbons (Fsp3) is 0.182. The van der Waals surface area contributed by atoms with Crippen LogP contribution in [0.2, 0.25) is 5.02 Å². The van der Waals surface area contributed by atoms with Gasteiger partial charge in [-0.15, -0.1) is 5.10 Å². The highest BCUT2D eigenvalue weighted by Crippen LogP contribution is 2.27. The van der Waals surface area contributed by atoms with Crippen molar-refractivity contribution in [1.82, 2.24) is 9.78 Å². The monoisotopic (exact) mass is 405 g/mol. The molecule has 0 aliphatic carbocycles. The molecule has 2 heterocycles. The molecule has 0 radical (unpaired) electrons. The molecule has 29 heavy (non-hydrogen) atoms. The maximum atomic E-state index is 12.5. The standard InChI is InChI=1S/C22H20ClN5O/c1-14-18(15(2)28(26-14)13-16-8-4-6-10-19(16)23)12-24-25-21-17-9-5-7-11-20(17)27(3)22(21)29/h4-12H,13H2,1-3H3/b24-12-,25-21+. The predicted octanol–water partition coefficient (Wildman–Crippen LogP) is 4.00. The van der Waals surface area contributed by atoms with Crippen LogP contribution in [0.3, 0.4) is 0 Å². The van der Waals surface area contributed by atoms with E-state index in [9.17, 15) is 4.79 Å². The van der Waals surface area contributed by atoms with Crippen LogP contribution in [0.1, 0.15) is 28.1 Å². The molecule has 0 saturated heterocycles. The Hall–Kier alpha value is -3.25. The number of nitrogens with zero attached hydrogens (tertiary/aromatic N) is 5. The average molecular weight is 406 g/mol. The van der Waals surface area contributed by atoms with Gasteiger partial charge in [-0.2, -0.15) is 10.2 Å². The number of hydrogen-bond donors (Lipinski definition) is 0. The first-order chi connectivity index (χ1) is 14.0. The van der Waals surface area contributed by atoms with Gasteiger partial charge < -0.3 is 4.90 Å². The maximum Gasteiger partial charge on any atom is 0.279 e. The van der Waals surface area contributed by atoms with E-state index in [-0.39, 0.29) is 5.91 Å². The number of carbonyl (C=O) groups is 1. The van der Waals surface area contributed by atoms with Crippen molar-refractivity contribution in [1.29, 1.82) is 0 Å². The van der Waals surface area contributed by atoms with Crippen molar-refractivity contribution < 1.29 is 4.79 Å². The Morgan fingerprint density at radius 3 is 2.62 bits per heavy atom. The van der Waals surface area contributed by atoms with E-state index >= 15 is 0 Å². The van der Waals surface area contributed by atoms with E-state index in [4.69, 9.17) is 11.6 Å². The van der Waals surface area contributed by atoms with E-state index in [1.54, 1.807) is 18.2 Å².